The summed E-state index contributed by atoms with van der Waals surface area (Å²) in [5.74, 6) is 1.96. The molecule has 0 radical (unpaired) electrons. The zero-order valence-electron chi connectivity index (χ0n) is 14.3. The van der Waals surface area contributed by atoms with Gasteiger partial charge in [-0.1, -0.05) is 17.2 Å². The van der Waals surface area contributed by atoms with Crippen LogP contribution in [-0.2, 0) is 6.42 Å². The summed E-state index contributed by atoms with van der Waals surface area (Å²) in [5.41, 5.74) is 7.15. The molecule has 0 spiro atoms. The normalized spacial score (nSPS) is 12.8. The van der Waals surface area contributed by atoms with Gasteiger partial charge in [-0.2, -0.15) is 5.10 Å². The first-order valence-electron chi connectivity index (χ1n) is 8.24. The summed E-state index contributed by atoms with van der Waals surface area (Å²) in [5, 5.41) is 8.41. The molecule has 4 heteroatoms. The molecule has 4 nitrogen and oxygen atoms in total. The molecule has 0 saturated carbocycles. The molecule has 1 aliphatic heterocycles. The van der Waals surface area contributed by atoms with Crippen LogP contribution in [0.25, 0.3) is 16.9 Å². The van der Waals surface area contributed by atoms with Crippen molar-refractivity contribution in [2.24, 2.45) is 0 Å². The van der Waals surface area contributed by atoms with E-state index in [9.17, 15) is 0 Å². The minimum absolute atomic E-state index is 0.852. The molecule has 24 heavy (non-hydrogen) atoms. The van der Waals surface area contributed by atoms with E-state index in [-0.39, 0.29) is 0 Å². The minimum Gasteiger partial charge on any atom is -0.497 e. The van der Waals surface area contributed by atoms with Gasteiger partial charge in [0, 0.05) is 17.7 Å². The summed E-state index contributed by atoms with van der Waals surface area (Å²) in [6.07, 6.45) is 1.01. The van der Waals surface area contributed by atoms with Crippen LogP contribution in [-0.4, -0.2) is 23.4 Å². The summed E-state index contributed by atoms with van der Waals surface area (Å²) in [6.45, 7) is 5.23. The zero-order chi connectivity index (χ0) is 16.7. The predicted octanol–water partition coefficient (Wildman–Crippen LogP) is 4.13. The minimum atomic E-state index is 0.852. The number of nitrogens with one attached hydrogen (secondary N) is 1. The van der Waals surface area contributed by atoms with Crippen molar-refractivity contribution in [3.05, 3.63) is 59.2 Å². The Morgan fingerprint density at radius 2 is 1.75 bits per heavy atom. The van der Waals surface area contributed by atoms with Gasteiger partial charge in [-0.15, -0.1) is 0 Å². The van der Waals surface area contributed by atoms with Crippen molar-refractivity contribution >= 4 is 5.82 Å². The fraction of sp³-hybridized carbons (Fsp3) is 0.250. The molecule has 1 aromatic heterocycles. The number of hydrogen-bond donors (Lipinski definition) is 1. The van der Waals surface area contributed by atoms with Gasteiger partial charge >= 0.3 is 0 Å². The molecule has 0 atom stereocenters. The van der Waals surface area contributed by atoms with Gasteiger partial charge in [0.2, 0.25) is 0 Å². The van der Waals surface area contributed by atoms with E-state index in [0.29, 0.717) is 0 Å². The average molecular weight is 319 g/mol. The third-order valence-corrected chi connectivity index (χ3v) is 4.46. The van der Waals surface area contributed by atoms with Crippen molar-refractivity contribution < 1.29 is 4.74 Å². The highest BCUT2D eigenvalue weighted by atomic mass is 16.5. The summed E-state index contributed by atoms with van der Waals surface area (Å²) < 4.78 is 7.26. The molecule has 0 unspecified atom stereocenters. The second-order valence-electron chi connectivity index (χ2n) is 6.34. The van der Waals surface area contributed by atoms with E-state index >= 15 is 0 Å². The molecule has 2 aromatic carbocycles. The maximum absolute atomic E-state index is 5.25. The molecule has 0 bridgehead atoms. The molecule has 1 aliphatic rings. The quantitative estimate of drug-likeness (QED) is 0.789. The third kappa shape index (κ3) is 2.44. The van der Waals surface area contributed by atoms with E-state index in [1.165, 1.54) is 22.3 Å². The Morgan fingerprint density at radius 3 is 2.42 bits per heavy atom. The summed E-state index contributed by atoms with van der Waals surface area (Å²) in [4.78, 5) is 0. The van der Waals surface area contributed by atoms with Gasteiger partial charge in [0.05, 0.1) is 18.5 Å². The van der Waals surface area contributed by atoms with E-state index < -0.39 is 0 Å². The van der Waals surface area contributed by atoms with Crippen LogP contribution in [0.2, 0.25) is 0 Å². The second kappa shape index (κ2) is 5.71. The van der Waals surface area contributed by atoms with E-state index in [1.54, 1.807) is 7.11 Å². The van der Waals surface area contributed by atoms with E-state index in [4.69, 9.17) is 9.84 Å². The summed E-state index contributed by atoms with van der Waals surface area (Å²) >= 11 is 0. The Kier molecular flexibility index (Phi) is 3.53. The van der Waals surface area contributed by atoms with E-state index in [2.05, 4.69) is 37.4 Å². The van der Waals surface area contributed by atoms with Gasteiger partial charge in [0.15, 0.2) is 0 Å². The molecule has 1 N–H and O–H groups in total. The smallest absolute Gasteiger partial charge is 0.133 e. The number of methoxy groups -OCH3 is 1. The maximum Gasteiger partial charge on any atom is 0.133 e. The number of nitrogens with zero attached hydrogens (tertiary/aromatic N) is 2. The van der Waals surface area contributed by atoms with Crippen LogP contribution < -0.4 is 10.1 Å². The molecular weight excluding hydrogens is 298 g/mol. The van der Waals surface area contributed by atoms with E-state index in [0.717, 1.165) is 35.9 Å². The standard InChI is InChI=1S/C20H21N3O/c1-13-10-14(2)12-15(11-13)19-18-8-9-21-20(18)23(22-19)16-4-6-17(24-3)7-5-16/h4-7,10-12,21H,8-9H2,1-3H3. The Hall–Kier alpha value is -2.75. The number of aromatic nitrogens is 2. The summed E-state index contributed by atoms with van der Waals surface area (Å²) in [6, 6.07) is 14.6. The highest BCUT2D eigenvalue weighted by molar-refractivity contribution is 5.73. The average Bonchev–Trinajstić information content (AvgIpc) is 3.16. The number of benzene rings is 2. The molecule has 0 aliphatic carbocycles. The molecule has 2 heterocycles. The zero-order valence-corrected chi connectivity index (χ0v) is 14.3. The Bertz CT molecular complexity index is 874. The first-order valence-corrected chi connectivity index (χ1v) is 8.24. The van der Waals surface area contributed by atoms with Crippen molar-refractivity contribution in [2.75, 3.05) is 19.0 Å². The topological polar surface area (TPSA) is 39.1 Å². The van der Waals surface area contributed by atoms with Crippen LogP contribution in [0.5, 0.6) is 5.75 Å². The molecule has 0 fully saturated rings. The lowest BCUT2D eigenvalue weighted by atomic mass is 10.0. The largest absolute Gasteiger partial charge is 0.497 e. The van der Waals surface area contributed by atoms with Gasteiger partial charge in [-0.25, -0.2) is 4.68 Å². The number of rotatable bonds is 3. The van der Waals surface area contributed by atoms with Gasteiger partial charge in [-0.05, 0) is 56.7 Å². The number of fused-ring (bicyclic) bond motifs is 1. The first kappa shape index (κ1) is 14.8. The fourth-order valence-corrected chi connectivity index (χ4v) is 3.43. The molecule has 0 amide bonds. The Balaban J connectivity index is 1.85. The maximum atomic E-state index is 5.25. The van der Waals surface area contributed by atoms with Crippen molar-refractivity contribution in [3.8, 4) is 22.7 Å². The fourth-order valence-electron chi connectivity index (χ4n) is 3.43. The SMILES string of the molecule is COc1ccc(-n2nc(-c3cc(C)cc(C)c3)c3c2NCC3)cc1. The highest BCUT2D eigenvalue weighted by Crippen LogP contribution is 2.35. The van der Waals surface area contributed by atoms with Crippen molar-refractivity contribution in [3.63, 3.8) is 0 Å². The second-order valence-corrected chi connectivity index (χ2v) is 6.34. The predicted molar refractivity (Wildman–Crippen MR) is 97.2 cm³/mol. The van der Waals surface area contributed by atoms with Crippen LogP contribution in [0.3, 0.4) is 0 Å². The lowest BCUT2D eigenvalue weighted by molar-refractivity contribution is 0.414. The van der Waals surface area contributed by atoms with Crippen LogP contribution in [0.4, 0.5) is 5.82 Å². The van der Waals surface area contributed by atoms with Gasteiger partial charge in [0.25, 0.3) is 0 Å². The van der Waals surface area contributed by atoms with Crippen LogP contribution in [0, 0.1) is 13.8 Å². The van der Waals surface area contributed by atoms with Crippen molar-refractivity contribution in [1.29, 1.82) is 0 Å². The first-order chi connectivity index (χ1) is 11.7. The monoisotopic (exact) mass is 319 g/mol. The Labute approximate surface area is 142 Å². The molecular formula is C20H21N3O. The third-order valence-electron chi connectivity index (χ3n) is 4.46. The van der Waals surface area contributed by atoms with Crippen LogP contribution in [0.1, 0.15) is 16.7 Å². The summed E-state index contributed by atoms with van der Waals surface area (Å²) in [7, 11) is 1.68. The Morgan fingerprint density at radius 1 is 1.04 bits per heavy atom. The lowest BCUT2D eigenvalue weighted by Crippen LogP contribution is -2.04. The van der Waals surface area contributed by atoms with Gasteiger partial charge in [0.1, 0.15) is 11.6 Å². The molecule has 4 rings (SSSR count). The number of anilines is 1. The molecule has 3 aromatic rings. The van der Waals surface area contributed by atoms with Gasteiger partial charge < -0.3 is 10.1 Å². The lowest BCUT2D eigenvalue weighted by Gasteiger charge is -2.07. The van der Waals surface area contributed by atoms with Crippen LogP contribution in [0.15, 0.2) is 42.5 Å². The molecule has 122 valence electrons. The number of aryl methyl sites for hydroxylation is 2. The molecule has 0 saturated heterocycles. The van der Waals surface area contributed by atoms with Crippen molar-refractivity contribution in [1.82, 2.24) is 9.78 Å². The van der Waals surface area contributed by atoms with Crippen molar-refractivity contribution in [2.45, 2.75) is 20.3 Å². The highest BCUT2D eigenvalue weighted by Gasteiger charge is 2.24. The van der Waals surface area contributed by atoms with Gasteiger partial charge in [-0.3, -0.25) is 0 Å². The number of hydrogen-bond acceptors (Lipinski definition) is 3. The van der Waals surface area contributed by atoms with Crippen LogP contribution >= 0.6 is 0 Å². The van der Waals surface area contributed by atoms with E-state index in [1.807, 2.05) is 28.9 Å². The number of ether oxygens (including phenoxy) is 1.